The van der Waals surface area contributed by atoms with Gasteiger partial charge in [0.1, 0.15) is 0 Å². The van der Waals surface area contributed by atoms with Gasteiger partial charge in [-0.25, -0.2) is 0 Å². The van der Waals surface area contributed by atoms with Crippen LogP contribution < -0.4 is 5.32 Å². The van der Waals surface area contributed by atoms with E-state index in [1.54, 1.807) is 11.1 Å². The summed E-state index contributed by atoms with van der Waals surface area (Å²) < 4.78 is 0. The SMILES string of the molecule is Cc1cc(C)cc(NC(C)c2ccc3c(c2)CCC3)c1. The Kier molecular flexibility index (Phi) is 3.52. The zero-order valence-corrected chi connectivity index (χ0v) is 12.7. The third-order valence-corrected chi connectivity index (χ3v) is 4.23. The molecule has 0 aromatic heterocycles. The Hall–Kier alpha value is -1.76. The van der Waals surface area contributed by atoms with Crippen LogP contribution in [-0.4, -0.2) is 0 Å². The smallest absolute Gasteiger partial charge is 0.0485 e. The molecule has 0 heterocycles. The van der Waals surface area contributed by atoms with E-state index in [-0.39, 0.29) is 0 Å². The van der Waals surface area contributed by atoms with Gasteiger partial charge in [-0.1, -0.05) is 24.3 Å². The minimum Gasteiger partial charge on any atom is -0.379 e. The molecule has 1 aliphatic carbocycles. The Balaban J connectivity index is 1.80. The molecule has 0 saturated heterocycles. The molecular formula is C19H23N. The van der Waals surface area contributed by atoms with Gasteiger partial charge in [-0.3, -0.25) is 0 Å². The molecule has 0 amide bonds. The van der Waals surface area contributed by atoms with Crippen LogP contribution in [0.1, 0.15) is 47.2 Å². The number of fused-ring (bicyclic) bond motifs is 1. The zero-order chi connectivity index (χ0) is 14.1. The summed E-state index contributed by atoms with van der Waals surface area (Å²) in [5.41, 5.74) is 8.34. The average molecular weight is 265 g/mol. The molecule has 1 unspecified atom stereocenters. The number of rotatable bonds is 3. The molecule has 1 heteroatoms. The fourth-order valence-electron chi connectivity index (χ4n) is 3.25. The summed E-state index contributed by atoms with van der Waals surface area (Å²) in [6, 6.07) is 14.0. The van der Waals surface area contributed by atoms with E-state index in [4.69, 9.17) is 0 Å². The van der Waals surface area contributed by atoms with Crippen molar-refractivity contribution in [3.05, 3.63) is 64.2 Å². The van der Waals surface area contributed by atoms with E-state index in [1.165, 1.54) is 41.6 Å². The molecule has 104 valence electrons. The van der Waals surface area contributed by atoms with E-state index in [2.05, 4.69) is 62.5 Å². The Labute approximate surface area is 122 Å². The van der Waals surface area contributed by atoms with E-state index in [0.29, 0.717) is 6.04 Å². The summed E-state index contributed by atoms with van der Waals surface area (Å²) in [6.45, 7) is 6.55. The maximum absolute atomic E-state index is 3.63. The third-order valence-electron chi connectivity index (χ3n) is 4.23. The summed E-state index contributed by atoms with van der Waals surface area (Å²) in [5, 5.41) is 3.63. The number of hydrogen-bond acceptors (Lipinski definition) is 1. The molecule has 1 aliphatic rings. The number of anilines is 1. The van der Waals surface area contributed by atoms with Crippen molar-refractivity contribution in [2.75, 3.05) is 5.32 Å². The van der Waals surface area contributed by atoms with E-state index >= 15 is 0 Å². The van der Waals surface area contributed by atoms with E-state index in [9.17, 15) is 0 Å². The lowest BCUT2D eigenvalue weighted by Gasteiger charge is -2.18. The predicted molar refractivity (Wildman–Crippen MR) is 86.4 cm³/mol. The molecule has 0 aliphatic heterocycles. The van der Waals surface area contributed by atoms with Gasteiger partial charge in [0.2, 0.25) is 0 Å². The second-order valence-corrected chi connectivity index (χ2v) is 6.12. The maximum Gasteiger partial charge on any atom is 0.0485 e. The van der Waals surface area contributed by atoms with Crippen LogP contribution in [0.4, 0.5) is 5.69 Å². The normalized spacial score (nSPS) is 14.9. The molecule has 0 saturated carbocycles. The molecule has 0 radical (unpaired) electrons. The van der Waals surface area contributed by atoms with E-state index in [0.717, 1.165) is 0 Å². The van der Waals surface area contributed by atoms with Crippen molar-refractivity contribution in [2.45, 2.75) is 46.1 Å². The van der Waals surface area contributed by atoms with Gasteiger partial charge in [-0.2, -0.15) is 0 Å². The second-order valence-electron chi connectivity index (χ2n) is 6.12. The van der Waals surface area contributed by atoms with Gasteiger partial charge in [0.15, 0.2) is 0 Å². The highest BCUT2D eigenvalue weighted by atomic mass is 14.9. The van der Waals surface area contributed by atoms with Crippen molar-refractivity contribution in [2.24, 2.45) is 0 Å². The first-order valence-corrected chi connectivity index (χ1v) is 7.58. The first-order valence-electron chi connectivity index (χ1n) is 7.58. The number of hydrogen-bond donors (Lipinski definition) is 1. The first-order chi connectivity index (χ1) is 9.61. The monoisotopic (exact) mass is 265 g/mol. The van der Waals surface area contributed by atoms with Crippen molar-refractivity contribution in [3.8, 4) is 0 Å². The van der Waals surface area contributed by atoms with Crippen molar-refractivity contribution >= 4 is 5.69 Å². The molecule has 1 nitrogen and oxygen atoms in total. The lowest BCUT2D eigenvalue weighted by atomic mass is 10.0. The highest BCUT2D eigenvalue weighted by Gasteiger charge is 2.13. The van der Waals surface area contributed by atoms with Crippen molar-refractivity contribution < 1.29 is 0 Å². The first kappa shape index (κ1) is 13.2. The predicted octanol–water partition coefficient (Wildman–Crippen LogP) is 4.97. The van der Waals surface area contributed by atoms with Gasteiger partial charge in [-0.15, -0.1) is 0 Å². The zero-order valence-electron chi connectivity index (χ0n) is 12.7. The van der Waals surface area contributed by atoms with Crippen LogP contribution in [0.15, 0.2) is 36.4 Å². The van der Waals surface area contributed by atoms with Gasteiger partial charge >= 0.3 is 0 Å². The molecule has 0 spiro atoms. The van der Waals surface area contributed by atoms with Crippen LogP contribution in [0.5, 0.6) is 0 Å². The second kappa shape index (κ2) is 5.32. The van der Waals surface area contributed by atoms with E-state index in [1.807, 2.05) is 0 Å². The highest BCUT2D eigenvalue weighted by molar-refractivity contribution is 5.50. The summed E-state index contributed by atoms with van der Waals surface area (Å²) in [6.07, 6.45) is 3.83. The van der Waals surface area contributed by atoms with Crippen LogP contribution >= 0.6 is 0 Å². The number of nitrogens with one attached hydrogen (secondary N) is 1. The minimum atomic E-state index is 0.349. The highest BCUT2D eigenvalue weighted by Crippen LogP contribution is 2.27. The van der Waals surface area contributed by atoms with Crippen LogP contribution in [0.2, 0.25) is 0 Å². The third kappa shape index (κ3) is 2.72. The Morgan fingerprint density at radius 3 is 2.35 bits per heavy atom. The lowest BCUT2D eigenvalue weighted by molar-refractivity contribution is 0.878. The van der Waals surface area contributed by atoms with Crippen molar-refractivity contribution in [1.82, 2.24) is 0 Å². The number of aryl methyl sites for hydroxylation is 4. The quantitative estimate of drug-likeness (QED) is 0.826. The molecule has 3 rings (SSSR count). The summed E-state index contributed by atoms with van der Waals surface area (Å²) in [7, 11) is 0. The minimum absolute atomic E-state index is 0.349. The molecule has 1 N–H and O–H groups in total. The largest absolute Gasteiger partial charge is 0.379 e. The van der Waals surface area contributed by atoms with Crippen molar-refractivity contribution in [3.63, 3.8) is 0 Å². The van der Waals surface area contributed by atoms with Crippen LogP contribution in [0.3, 0.4) is 0 Å². The summed E-state index contributed by atoms with van der Waals surface area (Å²) >= 11 is 0. The van der Waals surface area contributed by atoms with Gasteiger partial charge in [0.25, 0.3) is 0 Å². The molecule has 1 atom stereocenters. The molecule has 0 bridgehead atoms. The van der Waals surface area contributed by atoms with Gasteiger partial charge in [0.05, 0.1) is 0 Å². The Morgan fingerprint density at radius 2 is 1.60 bits per heavy atom. The van der Waals surface area contributed by atoms with Crippen LogP contribution in [-0.2, 0) is 12.8 Å². The molecule has 0 fully saturated rings. The Bertz CT molecular complexity index is 607. The summed E-state index contributed by atoms with van der Waals surface area (Å²) in [5.74, 6) is 0. The standard InChI is InChI=1S/C19H23N/c1-13-9-14(2)11-19(10-13)20-15(3)17-8-7-16-5-4-6-18(16)12-17/h7-12,15,20H,4-6H2,1-3H3. The molecular weight excluding hydrogens is 242 g/mol. The lowest BCUT2D eigenvalue weighted by Crippen LogP contribution is -2.07. The van der Waals surface area contributed by atoms with Gasteiger partial charge in [-0.05, 0) is 80.0 Å². The maximum atomic E-state index is 3.63. The fourth-order valence-corrected chi connectivity index (χ4v) is 3.25. The molecule has 20 heavy (non-hydrogen) atoms. The fraction of sp³-hybridized carbons (Fsp3) is 0.368. The summed E-state index contributed by atoms with van der Waals surface area (Å²) in [4.78, 5) is 0. The van der Waals surface area contributed by atoms with E-state index < -0.39 is 0 Å². The Morgan fingerprint density at radius 1 is 0.900 bits per heavy atom. The topological polar surface area (TPSA) is 12.0 Å². The van der Waals surface area contributed by atoms with Gasteiger partial charge in [0, 0.05) is 11.7 Å². The van der Waals surface area contributed by atoms with Gasteiger partial charge < -0.3 is 5.32 Å². The molecule has 2 aromatic rings. The van der Waals surface area contributed by atoms with Crippen LogP contribution in [0.25, 0.3) is 0 Å². The molecule has 2 aromatic carbocycles. The van der Waals surface area contributed by atoms with Crippen molar-refractivity contribution in [1.29, 1.82) is 0 Å². The average Bonchev–Trinajstić information content (AvgIpc) is 2.84. The number of benzene rings is 2. The van der Waals surface area contributed by atoms with Crippen LogP contribution in [0, 0.1) is 13.8 Å².